The van der Waals surface area contributed by atoms with Gasteiger partial charge < -0.3 is 24.8 Å². The Morgan fingerprint density at radius 3 is 1.91 bits per heavy atom. The van der Waals surface area contributed by atoms with E-state index in [2.05, 4.69) is 9.98 Å². The molecule has 8 nitrogen and oxygen atoms in total. The molecule has 0 spiro atoms. The van der Waals surface area contributed by atoms with Gasteiger partial charge in [-0.3, -0.25) is 14.8 Å². The van der Waals surface area contributed by atoms with E-state index in [0.29, 0.717) is 55.4 Å². The number of benzene rings is 2. The fourth-order valence-electron chi connectivity index (χ4n) is 2.52. The first-order valence-electron chi connectivity index (χ1n) is 9.72. The van der Waals surface area contributed by atoms with Gasteiger partial charge in [0.1, 0.15) is 6.61 Å². The molecule has 0 saturated heterocycles. The summed E-state index contributed by atoms with van der Waals surface area (Å²) < 4.78 is 11.2. The van der Waals surface area contributed by atoms with Crippen LogP contribution in [0.4, 0.5) is 0 Å². The number of fused-ring (bicyclic) bond motifs is 4. The summed E-state index contributed by atoms with van der Waals surface area (Å²) >= 11 is 0. The van der Waals surface area contributed by atoms with Crippen LogP contribution in [0, 0.1) is 0 Å². The van der Waals surface area contributed by atoms with Crippen LogP contribution in [0.2, 0.25) is 0 Å². The molecule has 2 aromatic rings. The number of aliphatic imine (C=N–C) groups is 2. The molecule has 1 heterocycles. The Morgan fingerprint density at radius 1 is 0.875 bits per heavy atom. The minimum absolute atomic E-state index is 0. The fourth-order valence-corrected chi connectivity index (χ4v) is 2.52. The van der Waals surface area contributed by atoms with Crippen molar-refractivity contribution in [2.24, 2.45) is 9.98 Å². The summed E-state index contributed by atoms with van der Waals surface area (Å²) in [5, 5.41) is 28.0. The first-order valence-corrected chi connectivity index (χ1v) is 9.72. The number of hydrogen-bond donors (Lipinski definition) is 3. The molecule has 2 aromatic carbocycles. The van der Waals surface area contributed by atoms with E-state index in [1.54, 1.807) is 36.7 Å². The third kappa shape index (κ3) is 9.24. The minimum Gasteiger partial charge on any atom is -0.504 e. The number of hydrogen-bond acceptors (Lipinski definition) is 7. The van der Waals surface area contributed by atoms with Gasteiger partial charge >= 0.3 is 17.1 Å². The van der Waals surface area contributed by atoms with Crippen LogP contribution < -0.4 is 9.47 Å². The number of aliphatic carboxylic acids is 1. The van der Waals surface area contributed by atoms with Gasteiger partial charge in [-0.1, -0.05) is 24.3 Å². The molecule has 1 radical (unpaired) electrons. The van der Waals surface area contributed by atoms with E-state index in [-0.39, 0.29) is 28.6 Å². The SMILES string of the molecule is CC(=O)O.Oc1c2cccc1OCC=CCCOc1cccc(c1O)C=NCCN=C2.[Mn+2]. The van der Waals surface area contributed by atoms with Crippen LogP contribution in [-0.2, 0) is 21.9 Å². The second-order valence-electron chi connectivity index (χ2n) is 6.40. The van der Waals surface area contributed by atoms with Gasteiger partial charge in [-0.2, -0.15) is 0 Å². The normalized spacial score (nSPS) is 13.5. The van der Waals surface area contributed by atoms with Crippen molar-refractivity contribution < 1.29 is 46.7 Å². The summed E-state index contributed by atoms with van der Waals surface area (Å²) in [6.45, 7) is 2.77. The number of rotatable bonds is 0. The van der Waals surface area contributed by atoms with E-state index in [9.17, 15) is 10.2 Å². The topological polar surface area (TPSA) is 121 Å². The van der Waals surface area contributed by atoms with E-state index in [1.807, 2.05) is 24.3 Å². The molecule has 0 fully saturated rings. The first kappa shape index (κ1) is 26.7. The van der Waals surface area contributed by atoms with E-state index >= 15 is 0 Å². The molecule has 0 atom stereocenters. The van der Waals surface area contributed by atoms with Crippen molar-refractivity contribution in [2.75, 3.05) is 26.3 Å². The Bertz CT molecular complexity index is 955. The molecular weight excluding hydrogens is 455 g/mol. The minimum atomic E-state index is -0.833. The van der Waals surface area contributed by atoms with Crippen LogP contribution in [0.5, 0.6) is 23.0 Å². The Morgan fingerprint density at radius 2 is 1.38 bits per heavy atom. The summed E-state index contributed by atoms with van der Waals surface area (Å²) in [4.78, 5) is 17.6. The Labute approximate surface area is 197 Å². The molecular formula is C23H26MnN2O6+2. The standard InChI is InChI=1S/C21H22N2O4.C2H4O2.Mn/c24-20-16-6-4-8-18(20)26-12-2-1-3-13-27-19-9-5-7-17(21(19)25)15-23-11-10-22-14-16;1-2(3)4;/h1-2,4-9,14-15,24-25H,3,10-13H2;1H3,(H,3,4);/q;;+2. The van der Waals surface area contributed by atoms with Crippen molar-refractivity contribution in [3.05, 3.63) is 59.7 Å². The summed E-state index contributed by atoms with van der Waals surface area (Å²) in [6, 6.07) is 10.6. The van der Waals surface area contributed by atoms with Gasteiger partial charge in [0.25, 0.3) is 5.97 Å². The number of nitrogens with zero attached hydrogens (tertiary/aromatic N) is 2. The largest absolute Gasteiger partial charge is 2.00 e. The molecule has 3 N–H and O–H groups in total. The van der Waals surface area contributed by atoms with E-state index in [0.717, 1.165) is 6.92 Å². The summed E-state index contributed by atoms with van der Waals surface area (Å²) in [7, 11) is 0. The summed E-state index contributed by atoms with van der Waals surface area (Å²) in [5.41, 5.74) is 1.20. The smallest absolute Gasteiger partial charge is 0.504 e. The van der Waals surface area contributed by atoms with Gasteiger partial charge in [0.15, 0.2) is 23.0 Å². The molecule has 169 valence electrons. The van der Waals surface area contributed by atoms with E-state index in [1.165, 1.54) is 0 Å². The Hall–Kier alpha value is -3.29. The predicted octanol–water partition coefficient (Wildman–Crippen LogP) is 3.44. The number of carboxylic acids is 1. The van der Waals surface area contributed by atoms with Crippen molar-refractivity contribution in [3.8, 4) is 23.0 Å². The number of para-hydroxylation sites is 2. The second kappa shape index (κ2) is 14.7. The maximum absolute atomic E-state index is 10.3. The van der Waals surface area contributed by atoms with Crippen molar-refractivity contribution >= 4 is 18.4 Å². The quantitative estimate of drug-likeness (QED) is 0.392. The van der Waals surface area contributed by atoms with Crippen LogP contribution >= 0.6 is 0 Å². The van der Waals surface area contributed by atoms with Crippen LogP contribution in [0.1, 0.15) is 24.5 Å². The maximum atomic E-state index is 10.3. The molecule has 0 amide bonds. The molecule has 1 aliphatic heterocycles. The maximum Gasteiger partial charge on any atom is 2.00 e. The molecule has 32 heavy (non-hydrogen) atoms. The van der Waals surface area contributed by atoms with Crippen molar-refractivity contribution in [1.82, 2.24) is 0 Å². The zero-order chi connectivity index (χ0) is 22.5. The number of carbonyl (C=O) groups is 1. The zero-order valence-corrected chi connectivity index (χ0v) is 18.8. The van der Waals surface area contributed by atoms with Gasteiger partial charge in [0.2, 0.25) is 0 Å². The molecule has 0 unspecified atom stereocenters. The van der Waals surface area contributed by atoms with Crippen LogP contribution in [0.15, 0.2) is 58.5 Å². The third-order valence-electron chi connectivity index (χ3n) is 3.92. The molecule has 0 aromatic heterocycles. The van der Waals surface area contributed by atoms with Crippen LogP contribution in [0.25, 0.3) is 0 Å². The van der Waals surface area contributed by atoms with E-state index in [4.69, 9.17) is 19.4 Å². The van der Waals surface area contributed by atoms with Crippen molar-refractivity contribution in [2.45, 2.75) is 13.3 Å². The molecule has 9 heteroatoms. The molecule has 0 aliphatic carbocycles. The number of aromatic hydroxyl groups is 2. The molecule has 3 rings (SSSR count). The number of carboxylic acid groups (broad SMARTS) is 1. The summed E-state index contributed by atoms with van der Waals surface area (Å²) in [6.07, 6.45) is 7.67. The van der Waals surface area contributed by atoms with Gasteiger partial charge in [0.05, 0.1) is 19.7 Å². The number of phenols is 2. The van der Waals surface area contributed by atoms with Gasteiger partial charge in [-0.05, 0) is 30.7 Å². The predicted molar refractivity (Wildman–Crippen MR) is 119 cm³/mol. The summed E-state index contributed by atoms with van der Waals surface area (Å²) in [5.74, 6) is 0.161. The van der Waals surface area contributed by atoms with Crippen molar-refractivity contribution in [3.63, 3.8) is 0 Å². The van der Waals surface area contributed by atoms with E-state index < -0.39 is 5.97 Å². The third-order valence-corrected chi connectivity index (χ3v) is 3.92. The molecule has 1 aliphatic rings. The monoisotopic (exact) mass is 481 g/mol. The van der Waals surface area contributed by atoms with Crippen LogP contribution in [0.3, 0.4) is 0 Å². The van der Waals surface area contributed by atoms with Gasteiger partial charge in [-0.15, -0.1) is 0 Å². The molecule has 4 bridgehead atoms. The number of phenolic OH excluding ortho intramolecular Hbond substituents is 2. The number of ether oxygens (including phenoxy) is 2. The Balaban J connectivity index is 0.000000945. The first-order chi connectivity index (χ1) is 15.0. The Kier molecular flexibility index (Phi) is 12.3. The fraction of sp³-hybridized carbons (Fsp3) is 0.261. The zero-order valence-electron chi connectivity index (χ0n) is 17.6. The molecule has 0 saturated carbocycles. The van der Waals surface area contributed by atoms with Gasteiger partial charge in [0, 0.05) is 30.5 Å². The average molecular weight is 481 g/mol. The van der Waals surface area contributed by atoms with Crippen molar-refractivity contribution in [1.29, 1.82) is 0 Å². The average Bonchev–Trinajstić information content (AvgIpc) is 2.73. The second-order valence-corrected chi connectivity index (χ2v) is 6.40. The van der Waals surface area contributed by atoms with Crippen LogP contribution in [-0.4, -0.2) is 60.0 Å². The van der Waals surface area contributed by atoms with Gasteiger partial charge in [-0.25, -0.2) is 0 Å².